The second kappa shape index (κ2) is 7.56. The molecule has 1 fully saturated rings. The molecule has 1 aliphatic rings. The van der Waals surface area contributed by atoms with Crippen LogP contribution in [0, 0.1) is 13.8 Å². The molecule has 0 atom stereocenters. The zero-order chi connectivity index (χ0) is 20.7. The maximum atomic E-state index is 12.5. The van der Waals surface area contributed by atoms with E-state index in [1.165, 1.54) is 11.8 Å². The highest BCUT2D eigenvalue weighted by atomic mass is 32.2. The predicted molar refractivity (Wildman–Crippen MR) is 116 cm³/mol. The minimum absolute atomic E-state index is 0.0946. The number of nitrogens with one attached hydrogen (secondary N) is 2. The summed E-state index contributed by atoms with van der Waals surface area (Å²) in [6, 6.07) is 9.93. The average Bonchev–Trinajstić information content (AvgIpc) is 3.46. The molecular weight excluding hydrogens is 398 g/mol. The third kappa shape index (κ3) is 3.56. The van der Waals surface area contributed by atoms with E-state index in [1.807, 2.05) is 48.9 Å². The molecule has 0 aliphatic heterocycles. The van der Waals surface area contributed by atoms with Gasteiger partial charge < -0.3 is 5.32 Å². The van der Waals surface area contributed by atoms with E-state index >= 15 is 0 Å². The van der Waals surface area contributed by atoms with Crippen molar-refractivity contribution in [2.75, 3.05) is 11.1 Å². The summed E-state index contributed by atoms with van der Waals surface area (Å²) >= 11 is 1.41. The number of carbonyl (C=O) groups is 1. The van der Waals surface area contributed by atoms with Crippen molar-refractivity contribution in [1.82, 2.24) is 29.9 Å². The molecular formula is C21H21N7OS. The number of nitrogens with zero attached hydrogens (tertiary/aromatic N) is 5. The molecule has 152 valence electrons. The number of carbonyl (C=O) groups excluding carboxylic acids is 1. The molecule has 9 heteroatoms. The van der Waals surface area contributed by atoms with Crippen molar-refractivity contribution in [3.8, 4) is 5.69 Å². The fraction of sp³-hybridized carbons (Fsp3) is 0.286. The van der Waals surface area contributed by atoms with Crippen LogP contribution in [0.5, 0.6) is 0 Å². The summed E-state index contributed by atoms with van der Waals surface area (Å²) in [6.07, 6.45) is 3.99. The molecule has 0 saturated heterocycles. The van der Waals surface area contributed by atoms with Crippen LogP contribution in [0.25, 0.3) is 16.7 Å². The Morgan fingerprint density at radius 2 is 2.03 bits per heavy atom. The largest absolute Gasteiger partial charge is 0.322 e. The summed E-state index contributed by atoms with van der Waals surface area (Å²) in [6.45, 7) is 3.75. The number of H-pyrrole nitrogens is 1. The van der Waals surface area contributed by atoms with Crippen molar-refractivity contribution in [3.05, 3.63) is 53.7 Å². The van der Waals surface area contributed by atoms with Gasteiger partial charge in [0.25, 0.3) is 0 Å². The number of anilines is 1. The topological polar surface area (TPSA) is 101 Å². The van der Waals surface area contributed by atoms with Gasteiger partial charge in [0.2, 0.25) is 5.91 Å². The fourth-order valence-electron chi connectivity index (χ4n) is 3.33. The van der Waals surface area contributed by atoms with Gasteiger partial charge in [0.1, 0.15) is 10.9 Å². The molecule has 1 aromatic carbocycles. The summed E-state index contributed by atoms with van der Waals surface area (Å²) in [5.41, 5.74) is 4.09. The average molecular weight is 420 g/mol. The number of para-hydroxylation sites is 1. The standard InChI is InChI=1S/C21H21N7OS/c1-12-18(13(2)27-26-12)23-17(29)11-30-21-16-10-22-28(15-6-4-3-5-7-15)20(16)24-19(25-21)14-8-9-14/h3-7,10,14H,8-9,11H2,1-2H3,(H,23,29)(H,26,27). The van der Waals surface area contributed by atoms with Crippen LogP contribution >= 0.6 is 11.8 Å². The molecule has 1 aliphatic carbocycles. The number of aromatic nitrogens is 6. The number of fused-ring (bicyclic) bond motifs is 1. The maximum absolute atomic E-state index is 12.5. The minimum Gasteiger partial charge on any atom is -0.322 e. The first-order valence-electron chi connectivity index (χ1n) is 9.85. The van der Waals surface area contributed by atoms with E-state index in [4.69, 9.17) is 9.97 Å². The van der Waals surface area contributed by atoms with E-state index in [0.29, 0.717) is 5.92 Å². The van der Waals surface area contributed by atoms with Crippen molar-refractivity contribution >= 4 is 34.4 Å². The fourth-order valence-corrected chi connectivity index (χ4v) is 4.13. The van der Waals surface area contributed by atoms with Gasteiger partial charge in [0, 0.05) is 5.92 Å². The third-order valence-corrected chi connectivity index (χ3v) is 6.08. The van der Waals surface area contributed by atoms with Crippen LogP contribution in [0.4, 0.5) is 5.69 Å². The molecule has 0 unspecified atom stereocenters. The molecule has 1 saturated carbocycles. The molecule has 1 amide bonds. The van der Waals surface area contributed by atoms with Crippen LogP contribution in [0.15, 0.2) is 41.6 Å². The molecule has 0 radical (unpaired) electrons. The summed E-state index contributed by atoms with van der Waals surface area (Å²) in [5, 5.41) is 16.1. The highest BCUT2D eigenvalue weighted by Crippen LogP contribution is 2.40. The van der Waals surface area contributed by atoms with Gasteiger partial charge in [0.15, 0.2) is 5.65 Å². The Morgan fingerprint density at radius 1 is 1.23 bits per heavy atom. The van der Waals surface area contributed by atoms with Crippen molar-refractivity contribution < 1.29 is 4.79 Å². The smallest absolute Gasteiger partial charge is 0.234 e. The Labute approximate surface area is 177 Å². The van der Waals surface area contributed by atoms with Gasteiger partial charge in [-0.15, -0.1) is 0 Å². The summed E-state index contributed by atoms with van der Waals surface area (Å²) in [7, 11) is 0. The highest BCUT2D eigenvalue weighted by molar-refractivity contribution is 8.00. The van der Waals surface area contributed by atoms with E-state index in [1.54, 1.807) is 6.20 Å². The van der Waals surface area contributed by atoms with Gasteiger partial charge in [-0.3, -0.25) is 9.89 Å². The summed E-state index contributed by atoms with van der Waals surface area (Å²) in [4.78, 5) is 22.1. The van der Waals surface area contributed by atoms with E-state index in [9.17, 15) is 4.79 Å². The quantitative estimate of drug-likeness (QED) is 0.364. The summed E-state index contributed by atoms with van der Waals surface area (Å²) < 4.78 is 1.84. The molecule has 2 N–H and O–H groups in total. The lowest BCUT2D eigenvalue weighted by molar-refractivity contribution is -0.113. The predicted octanol–water partition coefficient (Wildman–Crippen LogP) is 3.76. The first-order valence-corrected chi connectivity index (χ1v) is 10.8. The van der Waals surface area contributed by atoms with E-state index < -0.39 is 0 Å². The monoisotopic (exact) mass is 419 g/mol. The molecule has 3 heterocycles. The van der Waals surface area contributed by atoms with Gasteiger partial charge in [-0.05, 0) is 38.8 Å². The lowest BCUT2D eigenvalue weighted by Crippen LogP contribution is -2.15. The maximum Gasteiger partial charge on any atom is 0.234 e. The van der Waals surface area contributed by atoms with Gasteiger partial charge in [0.05, 0.1) is 40.1 Å². The molecule has 0 spiro atoms. The number of aromatic amines is 1. The minimum atomic E-state index is -0.0946. The van der Waals surface area contributed by atoms with Crippen molar-refractivity contribution in [3.63, 3.8) is 0 Å². The third-order valence-electron chi connectivity index (χ3n) is 5.09. The molecule has 8 nitrogen and oxygen atoms in total. The first-order chi connectivity index (χ1) is 14.6. The van der Waals surface area contributed by atoms with E-state index in [0.717, 1.165) is 57.5 Å². The molecule has 3 aromatic heterocycles. The van der Waals surface area contributed by atoms with Gasteiger partial charge in [-0.1, -0.05) is 30.0 Å². The van der Waals surface area contributed by atoms with Crippen molar-refractivity contribution in [2.24, 2.45) is 0 Å². The number of amides is 1. The Balaban J connectivity index is 1.44. The second-order valence-electron chi connectivity index (χ2n) is 7.44. The molecule has 30 heavy (non-hydrogen) atoms. The normalized spacial score (nSPS) is 13.7. The van der Waals surface area contributed by atoms with Gasteiger partial charge in [-0.2, -0.15) is 10.2 Å². The Bertz CT molecular complexity index is 1210. The molecule has 0 bridgehead atoms. The SMILES string of the molecule is Cc1n[nH]c(C)c1NC(=O)CSc1nc(C2CC2)nc2c1cnn2-c1ccccc1. The lowest BCUT2D eigenvalue weighted by Gasteiger charge is -2.08. The van der Waals surface area contributed by atoms with Crippen LogP contribution < -0.4 is 5.32 Å². The summed E-state index contributed by atoms with van der Waals surface area (Å²) in [5.74, 6) is 1.39. The zero-order valence-corrected chi connectivity index (χ0v) is 17.5. The highest BCUT2D eigenvalue weighted by Gasteiger charge is 2.28. The Hall–Kier alpha value is -3.20. The van der Waals surface area contributed by atoms with Gasteiger partial charge in [-0.25, -0.2) is 14.6 Å². The van der Waals surface area contributed by atoms with Crippen LogP contribution in [0.2, 0.25) is 0 Å². The number of thioether (sulfide) groups is 1. The number of benzene rings is 1. The number of rotatable bonds is 6. The van der Waals surface area contributed by atoms with Crippen LogP contribution in [0.3, 0.4) is 0 Å². The van der Waals surface area contributed by atoms with Gasteiger partial charge >= 0.3 is 0 Å². The number of aryl methyl sites for hydroxylation is 2. The van der Waals surface area contributed by atoms with E-state index in [-0.39, 0.29) is 11.7 Å². The zero-order valence-electron chi connectivity index (χ0n) is 16.7. The first kappa shape index (κ1) is 18.8. The lowest BCUT2D eigenvalue weighted by atomic mass is 10.3. The Morgan fingerprint density at radius 3 is 2.73 bits per heavy atom. The van der Waals surface area contributed by atoms with Crippen LogP contribution in [-0.2, 0) is 4.79 Å². The van der Waals surface area contributed by atoms with E-state index in [2.05, 4.69) is 20.6 Å². The van der Waals surface area contributed by atoms with Crippen molar-refractivity contribution in [2.45, 2.75) is 37.6 Å². The molecule has 5 rings (SSSR count). The second-order valence-corrected chi connectivity index (χ2v) is 8.40. The van der Waals surface area contributed by atoms with Crippen LogP contribution in [-0.4, -0.2) is 41.6 Å². The number of hydrogen-bond acceptors (Lipinski definition) is 6. The Kier molecular flexibility index (Phi) is 4.74. The number of hydrogen-bond donors (Lipinski definition) is 2. The van der Waals surface area contributed by atoms with Crippen molar-refractivity contribution in [1.29, 1.82) is 0 Å². The molecule has 4 aromatic rings. The van der Waals surface area contributed by atoms with Crippen LogP contribution in [0.1, 0.15) is 36.0 Å².